The van der Waals surface area contributed by atoms with Crippen LogP contribution in [-0.2, 0) is 14.3 Å². The molecule has 0 saturated carbocycles. The second-order valence-electron chi connectivity index (χ2n) is 5.82. The van der Waals surface area contributed by atoms with Crippen LogP contribution in [0.5, 0.6) is 11.5 Å². The van der Waals surface area contributed by atoms with E-state index in [9.17, 15) is 9.59 Å². The number of hydrogen-bond acceptors (Lipinski definition) is 5. The van der Waals surface area contributed by atoms with Crippen LogP contribution in [0.25, 0.3) is 0 Å². The van der Waals surface area contributed by atoms with Crippen LogP contribution in [0.2, 0.25) is 5.02 Å². The van der Waals surface area contributed by atoms with E-state index in [4.69, 9.17) is 25.8 Å². The smallest absolute Gasteiger partial charge is 0.306 e. The summed E-state index contributed by atoms with van der Waals surface area (Å²) in [5, 5.41) is 3.06. The van der Waals surface area contributed by atoms with Gasteiger partial charge >= 0.3 is 5.97 Å². The van der Waals surface area contributed by atoms with E-state index < -0.39 is 11.9 Å². The van der Waals surface area contributed by atoms with Crippen LogP contribution in [0.3, 0.4) is 0 Å². The van der Waals surface area contributed by atoms with Crippen LogP contribution in [-0.4, -0.2) is 32.2 Å². The highest BCUT2D eigenvalue weighted by atomic mass is 35.5. The third kappa shape index (κ3) is 7.19. The molecular weight excluding hydrogens is 370 g/mol. The molecule has 0 unspecified atom stereocenters. The predicted molar refractivity (Wildman–Crippen MR) is 104 cm³/mol. The number of hydrogen-bond donors (Lipinski definition) is 1. The van der Waals surface area contributed by atoms with Gasteiger partial charge in [0.1, 0.15) is 11.5 Å². The van der Waals surface area contributed by atoms with E-state index in [1.165, 1.54) is 7.11 Å². The first-order chi connectivity index (χ1) is 13.0. The maximum atomic E-state index is 11.9. The third-order valence-electron chi connectivity index (χ3n) is 3.58. The molecule has 2 aromatic carbocycles. The molecule has 0 aromatic heterocycles. The summed E-state index contributed by atoms with van der Waals surface area (Å²) in [4.78, 5) is 23.7. The van der Waals surface area contributed by atoms with Gasteiger partial charge in [-0.15, -0.1) is 0 Å². The molecule has 0 bridgehead atoms. The van der Waals surface area contributed by atoms with Crippen molar-refractivity contribution in [2.75, 3.05) is 25.6 Å². The summed E-state index contributed by atoms with van der Waals surface area (Å²) in [6, 6.07) is 12.5. The zero-order chi connectivity index (χ0) is 19.6. The van der Waals surface area contributed by atoms with E-state index in [-0.39, 0.29) is 13.0 Å². The number of rotatable bonds is 9. The predicted octanol–water partition coefficient (Wildman–Crippen LogP) is 4.00. The number of halogens is 1. The highest BCUT2D eigenvalue weighted by Crippen LogP contribution is 2.27. The van der Waals surface area contributed by atoms with E-state index in [2.05, 4.69) is 5.32 Å². The quantitative estimate of drug-likeness (QED) is 0.516. The van der Waals surface area contributed by atoms with Gasteiger partial charge in [-0.1, -0.05) is 23.7 Å². The number of esters is 1. The van der Waals surface area contributed by atoms with Crippen molar-refractivity contribution >= 4 is 29.2 Å². The van der Waals surface area contributed by atoms with Crippen molar-refractivity contribution in [3.05, 3.63) is 53.1 Å². The van der Waals surface area contributed by atoms with Crippen LogP contribution in [0.15, 0.2) is 42.5 Å². The summed E-state index contributed by atoms with van der Waals surface area (Å²) < 4.78 is 15.7. The lowest BCUT2D eigenvalue weighted by Gasteiger charge is -2.11. The Hall–Kier alpha value is -2.73. The molecule has 0 saturated heterocycles. The Kier molecular flexibility index (Phi) is 7.95. The Bertz CT molecular complexity index is 794. The minimum Gasteiger partial charge on any atom is -0.495 e. The zero-order valence-corrected chi connectivity index (χ0v) is 16.0. The van der Waals surface area contributed by atoms with Crippen molar-refractivity contribution in [3.63, 3.8) is 0 Å². The molecule has 0 radical (unpaired) electrons. The molecule has 144 valence electrons. The summed E-state index contributed by atoms with van der Waals surface area (Å²) in [6.45, 7) is 1.99. The van der Waals surface area contributed by atoms with Crippen molar-refractivity contribution in [3.8, 4) is 11.5 Å². The SMILES string of the molecule is COc1ccc(Cl)cc1NC(=O)COC(=O)CCCOc1cccc(C)c1. The molecule has 0 heterocycles. The molecule has 0 aliphatic heterocycles. The van der Waals surface area contributed by atoms with Gasteiger partial charge in [-0.05, 0) is 49.2 Å². The zero-order valence-electron chi connectivity index (χ0n) is 15.3. The fourth-order valence-corrected chi connectivity index (χ4v) is 2.47. The number of anilines is 1. The number of aryl methyl sites for hydroxylation is 1. The van der Waals surface area contributed by atoms with Gasteiger partial charge in [-0.3, -0.25) is 9.59 Å². The van der Waals surface area contributed by atoms with E-state index in [0.29, 0.717) is 29.5 Å². The fourth-order valence-electron chi connectivity index (χ4n) is 2.29. The van der Waals surface area contributed by atoms with Crippen molar-refractivity contribution < 1.29 is 23.8 Å². The molecule has 0 aliphatic rings. The topological polar surface area (TPSA) is 73.9 Å². The molecule has 0 spiro atoms. The Labute approximate surface area is 163 Å². The van der Waals surface area contributed by atoms with Gasteiger partial charge in [0.2, 0.25) is 0 Å². The summed E-state index contributed by atoms with van der Waals surface area (Å²) in [5.41, 5.74) is 1.52. The molecule has 27 heavy (non-hydrogen) atoms. The lowest BCUT2D eigenvalue weighted by atomic mass is 10.2. The van der Waals surface area contributed by atoms with Crippen molar-refractivity contribution in [1.82, 2.24) is 0 Å². The van der Waals surface area contributed by atoms with Gasteiger partial charge in [0.05, 0.1) is 19.4 Å². The van der Waals surface area contributed by atoms with E-state index >= 15 is 0 Å². The fraction of sp³-hybridized carbons (Fsp3) is 0.300. The number of amides is 1. The van der Waals surface area contributed by atoms with Crippen LogP contribution >= 0.6 is 11.6 Å². The summed E-state index contributed by atoms with van der Waals surface area (Å²) in [5.74, 6) is 0.293. The summed E-state index contributed by atoms with van der Waals surface area (Å²) >= 11 is 5.90. The first-order valence-electron chi connectivity index (χ1n) is 8.46. The van der Waals surface area contributed by atoms with E-state index in [1.807, 2.05) is 31.2 Å². The summed E-state index contributed by atoms with van der Waals surface area (Å²) in [6.07, 6.45) is 0.663. The highest BCUT2D eigenvalue weighted by molar-refractivity contribution is 6.31. The number of methoxy groups -OCH3 is 1. The average Bonchev–Trinajstić information content (AvgIpc) is 2.64. The maximum absolute atomic E-state index is 11.9. The lowest BCUT2D eigenvalue weighted by Crippen LogP contribution is -2.21. The van der Waals surface area contributed by atoms with Crippen LogP contribution < -0.4 is 14.8 Å². The summed E-state index contributed by atoms with van der Waals surface area (Å²) in [7, 11) is 1.48. The van der Waals surface area contributed by atoms with Gasteiger partial charge in [-0.2, -0.15) is 0 Å². The molecule has 1 N–H and O–H groups in total. The molecule has 6 nitrogen and oxygen atoms in total. The second-order valence-corrected chi connectivity index (χ2v) is 6.26. The number of benzene rings is 2. The molecule has 1 amide bonds. The Morgan fingerprint density at radius 1 is 1.15 bits per heavy atom. The van der Waals surface area contributed by atoms with Crippen LogP contribution in [0.4, 0.5) is 5.69 Å². The minimum absolute atomic E-state index is 0.166. The third-order valence-corrected chi connectivity index (χ3v) is 3.82. The molecule has 2 rings (SSSR count). The Morgan fingerprint density at radius 2 is 1.96 bits per heavy atom. The number of ether oxygens (including phenoxy) is 3. The number of carbonyl (C=O) groups is 2. The molecule has 7 heteroatoms. The van der Waals surface area contributed by atoms with Crippen LogP contribution in [0.1, 0.15) is 18.4 Å². The first-order valence-corrected chi connectivity index (χ1v) is 8.84. The lowest BCUT2D eigenvalue weighted by molar-refractivity contribution is -0.147. The molecule has 0 atom stereocenters. The first kappa shape index (κ1) is 20.6. The normalized spacial score (nSPS) is 10.2. The van der Waals surface area contributed by atoms with Crippen molar-refractivity contribution in [1.29, 1.82) is 0 Å². The Balaban J connectivity index is 1.67. The van der Waals surface area contributed by atoms with Crippen LogP contribution in [0, 0.1) is 6.92 Å². The minimum atomic E-state index is -0.472. The van der Waals surface area contributed by atoms with Crippen molar-refractivity contribution in [2.45, 2.75) is 19.8 Å². The van der Waals surface area contributed by atoms with E-state index in [1.54, 1.807) is 18.2 Å². The molecule has 2 aromatic rings. The van der Waals surface area contributed by atoms with Gasteiger partial charge in [0.15, 0.2) is 6.61 Å². The standard InChI is InChI=1S/C20H22ClNO5/c1-14-5-3-6-16(11-14)26-10-4-7-20(24)27-13-19(23)22-17-12-15(21)8-9-18(17)25-2/h3,5-6,8-9,11-12H,4,7,10,13H2,1-2H3,(H,22,23). The van der Waals surface area contributed by atoms with Gasteiger partial charge in [0.25, 0.3) is 5.91 Å². The number of nitrogens with one attached hydrogen (secondary N) is 1. The highest BCUT2D eigenvalue weighted by Gasteiger charge is 2.11. The monoisotopic (exact) mass is 391 g/mol. The second kappa shape index (κ2) is 10.4. The van der Waals surface area contributed by atoms with E-state index in [0.717, 1.165) is 11.3 Å². The Morgan fingerprint density at radius 3 is 2.70 bits per heavy atom. The van der Waals surface area contributed by atoms with Gasteiger partial charge < -0.3 is 19.5 Å². The number of carbonyl (C=O) groups excluding carboxylic acids is 2. The maximum Gasteiger partial charge on any atom is 0.306 e. The molecule has 0 fully saturated rings. The largest absolute Gasteiger partial charge is 0.495 e. The molecule has 0 aliphatic carbocycles. The van der Waals surface area contributed by atoms with Gasteiger partial charge in [-0.25, -0.2) is 0 Å². The van der Waals surface area contributed by atoms with Gasteiger partial charge in [0, 0.05) is 11.4 Å². The molecular formula is C20H22ClNO5. The van der Waals surface area contributed by atoms with Crippen molar-refractivity contribution in [2.24, 2.45) is 0 Å². The average molecular weight is 392 g/mol.